The molecule has 8 rings (SSSR count). The maximum absolute atomic E-state index is 15.5. The Morgan fingerprint density at radius 1 is 0.623 bits per heavy atom. The highest BCUT2D eigenvalue weighted by Gasteiger charge is 2.46. The zero-order valence-electron chi connectivity index (χ0n) is 81.9. The molecule has 2 bridgehead atoms. The molecule has 0 saturated carbocycles. The molecule has 1 unspecified atom stereocenters. The van der Waals surface area contributed by atoms with Crippen molar-refractivity contribution in [2.24, 2.45) is 23.3 Å². The van der Waals surface area contributed by atoms with Crippen molar-refractivity contribution in [1.82, 2.24) is 88.1 Å². The van der Waals surface area contributed by atoms with E-state index in [-0.39, 0.29) is 144 Å². The average molecular weight is 2200 g/mol. The lowest BCUT2D eigenvalue weighted by atomic mass is 9.93. The molecule has 3 aromatic carbocycles. The minimum absolute atomic E-state index is 0.00904. The summed E-state index contributed by atoms with van der Waals surface area (Å²) in [4.78, 5) is 251. The molecule has 3 aliphatic heterocycles. The topological polar surface area (TPSA) is 708 Å². The third-order valence-electron chi connectivity index (χ3n) is 23.3. The summed E-state index contributed by atoms with van der Waals surface area (Å²) in [6.07, 6.45) is -7.82. The van der Waals surface area contributed by atoms with E-state index in [1.54, 1.807) is 39.2 Å². The van der Waals surface area contributed by atoms with Gasteiger partial charge in [-0.15, -0.1) is 0 Å². The second-order valence-corrected chi connectivity index (χ2v) is 36.8. The number of ether oxygens (including phenoxy) is 10. The molecular weight excluding hydrogens is 2070 g/mol. The van der Waals surface area contributed by atoms with Crippen LogP contribution in [0.3, 0.4) is 0 Å². The van der Waals surface area contributed by atoms with E-state index in [4.69, 9.17) is 58.8 Å². The molecule has 5 heterocycles. The first kappa shape index (κ1) is 119. The maximum Gasteiger partial charge on any atom is 0.415 e. The van der Waals surface area contributed by atoms with E-state index >= 15 is 9.00 Å². The van der Waals surface area contributed by atoms with Gasteiger partial charge in [0.2, 0.25) is 82.7 Å². The number of likely N-dealkylation sites (N-methyl/N-ethyl adjacent to an activating group) is 1. The molecule has 1 fully saturated rings. The minimum atomic E-state index is -2.62. The highest BCUT2D eigenvalue weighted by molar-refractivity contribution is 9.09. The summed E-state index contributed by atoms with van der Waals surface area (Å²) in [5.41, 5.74) is 14.7. The number of nitrogens with two attached hydrogens (primary N) is 2. The van der Waals surface area contributed by atoms with Gasteiger partial charge in [-0.05, 0) is 73.4 Å². The number of nitrogens with one attached hydrogen (secondary N) is 13. The zero-order chi connectivity index (χ0) is 107. The first-order valence-electron chi connectivity index (χ1n) is 47.1. The van der Waals surface area contributed by atoms with Gasteiger partial charge in [0.05, 0.1) is 188 Å². The summed E-state index contributed by atoms with van der Waals surface area (Å²) >= 11 is 6.86. The number of halogens is 2. The normalized spacial score (nSPS) is 19.4. The van der Waals surface area contributed by atoms with Gasteiger partial charge in [0.15, 0.2) is 0 Å². The Morgan fingerprint density at radius 2 is 1.23 bits per heavy atom. The monoisotopic (exact) mass is 2200 g/mol. The second-order valence-electron chi connectivity index (χ2n) is 34.3. The Hall–Kier alpha value is -12.2. The molecule has 804 valence electrons. The number of aromatic nitrogens is 3. The molecule has 20 N–H and O–H groups in total. The van der Waals surface area contributed by atoms with Crippen molar-refractivity contribution in [1.29, 1.82) is 0 Å². The Labute approximate surface area is 859 Å². The van der Waals surface area contributed by atoms with E-state index in [1.165, 1.54) is 75.2 Å². The Kier molecular flexibility index (Phi) is 50.1. The molecule has 14 atom stereocenters. The van der Waals surface area contributed by atoms with E-state index in [2.05, 4.69) is 111 Å². The Balaban J connectivity index is 0.964. The number of anilines is 1. The Bertz CT molecular complexity index is 5350. The summed E-state index contributed by atoms with van der Waals surface area (Å²) < 4.78 is 70.9. The number of aliphatic hydroxyl groups is 3. The number of fused-ring (bicyclic) bond motifs is 6. The minimum Gasteiger partial charge on any atom is -0.445 e. The zero-order valence-corrected chi connectivity index (χ0v) is 85.9. The highest BCUT2D eigenvalue weighted by atomic mass is 79.9. The standard InChI is InChI=1S/C92H130Br2N20O31S/c1-8-51(2)78-87(130)99-45-76(121)105-70-50-146(135)89-61(40-65(83(126)98-46-77(122)110-78)107-88(131)79(52(3)72(117)48-115)111-86(129)71-38-58(116)47-114(71)90(132)67(42-74(96)119)108-85(70)128)60-15-14-59(39-63(60)109-89)145-91(133)112(6)19-20-113(21-24-139-29-32-142-31-28-138-23-18-97-82(125)56-11-16-62-64(37-56)104-69(44-94)68(43-93)103-62)92(134)144-49-55-9-12-57(13-10-55)102-84(127)66(41-73(95)118)106-81(124)54(5)101-80(123)53(4)100-75(120)17-22-137-27-30-141-35-36-143-34-33-140-26-25-136-7/h9-16,37,39,51-54,58,65-67,70-72,78-79,109,115-117H,8,17-36,38,40-50H2,1-7H3,(H2,95,118)(H2,96,119)(H,97,125)(H,98,126)(H,99,130)(H,100,120)(H,101,123)(H,102,127)(H,105,121)(H,106,124)(H,107,131)(H,108,128)(H,110,122)(H,111,129)/t51-,52-,53-,54-,58+,65+,66-,67-,70-,71-,72-,78-,79-,146?/m0/s1. The summed E-state index contributed by atoms with van der Waals surface area (Å²) in [5, 5.41) is 63.0. The van der Waals surface area contributed by atoms with E-state index in [1.807, 2.05) is 0 Å². The summed E-state index contributed by atoms with van der Waals surface area (Å²) in [5.74, 6) is -17.6. The van der Waals surface area contributed by atoms with E-state index in [0.717, 1.165) is 21.2 Å². The van der Waals surface area contributed by atoms with Crippen molar-refractivity contribution in [3.8, 4) is 5.75 Å². The van der Waals surface area contributed by atoms with Gasteiger partial charge in [-0.2, -0.15) is 0 Å². The van der Waals surface area contributed by atoms with Crippen LogP contribution in [0, 0.1) is 11.8 Å². The van der Waals surface area contributed by atoms with Crippen molar-refractivity contribution in [3.63, 3.8) is 0 Å². The summed E-state index contributed by atoms with van der Waals surface area (Å²) in [7, 11) is 0.286. The van der Waals surface area contributed by atoms with Gasteiger partial charge in [0.1, 0.15) is 71.8 Å². The van der Waals surface area contributed by atoms with Crippen LogP contribution in [0.2, 0.25) is 0 Å². The molecule has 146 heavy (non-hydrogen) atoms. The van der Waals surface area contributed by atoms with Crippen LogP contribution in [-0.4, -0.2) is 388 Å². The SMILES string of the molecule is CC[C@H](C)[C@@H]1NC(=O)CNC(=O)[C@H]2Cc3c([nH]c4cc(OC(=O)N(C)CCN(CCOCCOCCOCCNC(=O)c5ccc6nc(CBr)c(CBr)nc6c5)C(=O)OCc5ccc(NC(=O)[C@H](CC(N)=O)NC(=O)[C@H](C)NC(=O)[C@H](C)NC(=O)CCOCCOCCOCCOCCOC)cc5)ccc34)S(=O)C[C@H](NC(=O)CNC1=O)C(=O)N[C@@H](CC(N)=O)C(=O)N1C[C@H](O)C[C@H]1C(=O)N[C@@H]([C@@H](C)[C@@H](O)CO)C(=O)N2. The molecule has 0 spiro atoms. The molecule has 2 aromatic heterocycles. The number of H-pyrrole nitrogens is 1. The number of aromatic amines is 1. The number of carbonyl (C=O) groups excluding carboxylic acids is 17. The van der Waals surface area contributed by atoms with Crippen molar-refractivity contribution < 1.29 is 148 Å². The molecular formula is C92H130Br2N20O31S. The maximum atomic E-state index is 15.5. The predicted octanol–water partition coefficient (Wildman–Crippen LogP) is -3.93. The third kappa shape index (κ3) is 38.3. The Morgan fingerprint density at radius 3 is 1.85 bits per heavy atom. The molecule has 17 amide bonds. The summed E-state index contributed by atoms with van der Waals surface area (Å²) in [6, 6.07) is -0.0167. The third-order valence-corrected chi connectivity index (χ3v) is 25.8. The van der Waals surface area contributed by atoms with Crippen molar-refractivity contribution in [2.45, 2.75) is 162 Å². The van der Waals surface area contributed by atoms with Gasteiger partial charge >= 0.3 is 12.2 Å². The number of methoxy groups -OCH3 is 1. The molecule has 5 aromatic rings. The number of hydrogen-bond acceptors (Lipinski definition) is 33. The number of nitrogens with zero attached hydrogens (tertiary/aromatic N) is 5. The lowest BCUT2D eigenvalue weighted by Crippen LogP contribution is -2.62. The number of primary amides is 2. The van der Waals surface area contributed by atoms with Crippen LogP contribution >= 0.6 is 31.9 Å². The van der Waals surface area contributed by atoms with Crippen LogP contribution in [0.25, 0.3) is 21.9 Å². The molecule has 0 radical (unpaired) electrons. The number of hydrogen-bond donors (Lipinski definition) is 18. The quantitative estimate of drug-likeness (QED) is 0.0131. The first-order valence-corrected chi connectivity index (χ1v) is 50.7. The van der Waals surface area contributed by atoms with Gasteiger partial charge in [-0.25, -0.2) is 19.6 Å². The van der Waals surface area contributed by atoms with Crippen molar-refractivity contribution in [3.05, 3.63) is 88.7 Å². The predicted molar refractivity (Wildman–Crippen MR) is 526 cm³/mol. The number of alkyl halides is 2. The molecule has 1 saturated heterocycles. The van der Waals surface area contributed by atoms with E-state index in [0.29, 0.717) is 72.5 Å². The molecule has 54 heteroatoms. The first-order chi connectivity index (χ1) is 69.8. The number of carbonyl (C=O) groups is 17. The summed E-state index contributed by atoms with van der Waals surface area (Å²) in [6.45, 7) is 6.38. The van der Waals surface area contributed by atoms with Gasteiger partial charge < -0.3 is 158 Å². The van der Waals surface area contributed by atoms with Crippen LogP contribution in [-0.2, 0) is 144 Å². The fraction of sp³-hybridized carbons (Fsp3) is 0.576. The van der Waals surface area contributed by atoms with Crippen LogP contribution in [0.4, 0.5) is 15.3 Å². The van der Waals surface area contributed by atoms with Gasteiger partial charge in [0.25, 0.3) is 5.91 Å². The van der Waals surface area contributed by atoms with Crippen molar-refractivity contribution in [2.75, 3.05) is 177 Å². The highest BCUT2D eigenvalue weighted by Crippen LogP contribution is 2.32. The fourth-order valence-electron chi connectivity index (χ4n) is 14.8. The molecule has 0 aliphatic carbocycles. The smallest absolute Gasteiger partial charge is 0.415 e. The second kappa shape index (κ2) is 61.4. The molecule has 51 nitrogen and oxygen atoms in total. The van der Waals surface area contributed by atoms with Gasteiger partial charge in [-0.3, -0.25) is 76.1 Å². The number of benzene rings is 3. The average Bonchev–Trinajstić information content (AvgIpc) is 1.64. The number of rotatable bonds is 52. The van der Waals surface area contributed by atoms with Gasteiger partial charge in [0, 0.05) is 105 Å². The molecule has 3 aliphatic rings. The lowest BCUT2D eigenvalue weighted by molar-refractivity contribution is -0.144. The van der Waals surface area contributed by atoms with Gasteiger partial charge in [-0.1, -0.05) is 71.2 Å². The van der Waals surface area contributed by atoms with Crippen LogP contribution in [0.15, 0.2) is 65.7 Å². The lowest BCUT2D eigenvalue weighted by Gasteiger charge is -2.32. The van der Waals surface area contributed by atoms with E-state index < -0.39 is 242 Å². The number of aliphatic hydroxyl groups excluding tert-OH is 3. The fourth-order valence-corrected chi connectivity index (χ4v) is 17.1. The number of amides is 17. The van der Waals surface area contributed by atoms with Crippen LogP contribution in [0.1, 0.15) is 99.6 Å². The van der Waals surface area contributed by atoms with Crippen LogP contribution < -0.4 is 80.0 Å². The van der Waals surface area contributed by atoms with Crippen LogP contribution in [0.5, 0.6) is 5.75 Å². The largest absolute Gasteiger partial charge is 0.445 e. The van der Waals surface area contributed by atoms with E-state index in [9.17, 15) is 92.0 Å². The van der Waals surface area contributed by atoms with Crippen molar-refractivity contribution >= 4 is 171 Å².